The number of hydrogen-bond acceptors (Lipinski definition) is 4. The third kappa shape index (κ3) is 4.61. The summed E-state index contributed by atoms with van der Waals surface area (Å²) in [6.45, 7) is 2.38. The molecule has 7 heteroatoms. The molecule has 2 amide bonds. The van der Waals surface area contributed by atoms with E-state index in [-0.39, 0.29) is 23.7 Å². The lowest BCUT2D eigenvalue weighted by Crippen LogP contribution is -2.60. The van der Waals surface area contributed by atoms with Gasteiger partial charge in [-0.25, -0.2) is 0 Å². The molecule has 3 aliphatic rings. The number of rotatable bonds is 6. The molecule has 168 valence electrons. The minimum absolute atomic E-state index is 0.0752. The van der Waals surface area contributed by atoms with Crippen LogP contribution >= 0.6 is 0 Å². The number of likely N-dealkylation sites (tertiary alicyclic amines) is 2. The zero-order valence-corrected chi connectivity index (χ0v) is 18.3. The van der Waals surface area contributed by atoms with Gasteiger partial charge in [-0.3, -0.25) is 19.9 Å². The van der Waals surface area contributed by atoms with E-state index in [4.69, 9.17) is 16.9 Å². The van der Waals surface area contributed by atoms with Crippen LogP contribution in [0.2, 0.25) is 0 Å². The van der Waals surface area contributed by atoms with Crippen LogP contribution in [0, 0.1) is 17.2 Å². The summed E-state index contributed by atoms with van der Waals surface area (Å²) in [4.78, 5) is 29.8. The van der Waals surface area contributed by atoms with Crippen molar-refractivity contribution in [3.05, 3.63) is 35.4 Å². The maximum Gasteiger partial charge on any atom is 0.240 e. The van der Waals surface area contributed by atoms with Gasteiger partial charge in [-0.2, -0.15) is 0 Å². The summed E-state index contributed by atoms with van der Waals surface area (Å²) in [5.41, 5.74) is 13.1. The molecule has 4 atom stereocenters. The predicted octanol–water partition coefficient (Wildman–Crippen LogP) is 1.87. The molecule has 0 spiro atoms. The Bertz CT molecular complexity index is 824. The van der Waals surface area contributed by atoms with Gasteiger partial charge < -0.3 is 16.4 Å². The monoisotopic (exact) mass is 425 g/mol. The van der Waals surface area contributed by atoms with Gasteiger partial charge in [0, 0.05) is 18.7 Å². The molecule has 0 bridgehead atoms. The maximum absolute atomic E-state index is 13.8. The Labute approximate surface area is 184 Å². The smallest absolute Gasteiger partial charge is 0.240 e. The van der Waals surface area contributed by atoms with Gasteiger partial charge in [-0.1, -0.05) is 43.5 Å². The molecule has 0 unspecified atom stereocenters. The fourth-order valence-electron chi connectivity index (χ4n) is 5.96. The van der Waals surface area contributed by atoms with E-state index in [0.29, 0.717) is 24.8 Å². The van der Waals surface area contributed by atoms with E-state index in [1.807, 2.05) is 24.3 Å². The average molecular weight is 426 g/mol. The fourth-order valence-corrected chi connectivity index (χ4v) is 5.96. The molecule has 1 aromatic rings. The summed E-state index contributed by atoms with van der Waals surface area (Å²) in [6, 6.07) is 7.22. The minimum atomic E-state index is -0.447. The lowest BCUT2D eigenvalue weighted by molar-refractivity contribution is -0.147. The second-order valence-corrected chi connectivity index (χ2v) is 9.43. The maximum atomic E-state index is 13.8. The first-order valence-electron chi connectivity index (χ1n) is 11.7. The lowest BCUT2D eigenvalue weighted by atomic mass is 9.70. The van der Waals surface area contributed by atoms with E-state index >= 15 is 0 Å². The van der Waals surface area contributed by atoms with Crippen molar-refractivity contribution in [2.75, 3.05) is 19.6 Å². The number of primary amides is 1. The van der Waals surface area contributed by atoms with Gasteiger partial charge in [0.25, 0.3) is 0 Å². The second kappa shape index (κ2) is 9.39. The van der Waals surface area contributed by atoms with Gasteiger partial charge in [0.15, 0.2) is 0 Å². The third-order valence-electron chi connectivity index (χ3n) is 7.62. The van der Waals surface area contributed by atoms with Crippen molar-refractivity contribution in [1.82, 2.24) is 9.80 Å². The summed E-state index contributed by atoms with van der Waals surface area (Å²) < 4.78 is 0. The summed E-state index contributed by atoms with van der Waals surface area (Å²) >= 11 is 0. The highest BCUT2D eigenvalue weighted by atomic mass is 16.2. The second-order valence-electron chi connectivity index (χ2n) is 9.43. The standard InChI is InChI=1S/C24H35N5O2/c25-22(26)18-9-7-16(8-10-18)11-14-28-15-12-17-4-1-2-5-19(17)21(28)24(31)29-13-3-6-20(29)23(27)30/h7-10,17,19-21H,1-6,11-15H2,(H3,25,26)(H2,27,30)/t17-,19-,20-,21+/m0/s1. The molecule has 7 nitrogen and oxygen atoms in total. The Balaban J connectivity index is 1.51. The average Bonchev–Trinajstić information content (AvgIpc) is 3.27. The lowest BCUT2D eigenvalue weighted by Gasteiger charge is -2.48. The first kappa shape index (κ1) is 21.8. The molecule has 0 radical (unpaired) electrons. The van der Waals surface area contributed by atoms with Crippen molar-refractivity contribution in [1.29, 1.82) is 5.41 Å². The van der Waals surface area contributed by atoms with E-state index in [9.17, 15) is 9.59 Å². The molecule has 1 aromatic carbocycles. The van der Waals surface area contributed by atoms with Crippen molar-refractivity contribution in [2.45, 2.75) is 63.5 Å². The SMILES string of the molecule is N=C(N)c1ccc(CCN2CC[C@@H]3CCCC[C@@H]3[C@@H]2C(=O)N2CCC[C@H]2C(N)=O)cc1. The van der Waals surface area contributed by atoms with Crippen molar-refractivity contribution >= 4 is 17.6 Å². The first-order chi connectivity index (χ1) is 15.0. The quantitative estimate of drug-likeness (QED) is 0.476. The minimum Gasteiger partial charge on any atom is -0.384 e. The zero-order chi connectivity index (χ0) is 22.0. The van der Waals surface area contributed by atoms with E-state index in [2.05, 4.69) is 4.90 Å². The van der Waals surface area contributed by atoms with Crippen molar-refractivity contribution in [2.24, 2.45) is 23.3 Å². The summed E-state index contributed by atoms with van der Waals surface area (Å²) in [7, 11) is 0. The van der Waals surface area contributed by atoms with Crippen molar-refractivity contribution in [3.8, 4) is 0 Å². The number of amidine groups is 1. The molecule has 2 saturated heterocycles. The van der Waals surface area contributed by atoms with Crippen LogP contribution in [-0.2, 0) is 16.0 Å². The van der Waals surface area contributed by atoms with Crippen LogP contribution < -0.4 is 11.5 Å². The van der Waals surface area contributed by atoms with E-state index in [1.165, 1.54) is 24.8 Å². The molecular weight excluding hydrogens is 390 g/mol. The number of nitrogens with one attached hydrogen (secondary N) is 1. The summed E-state index contributed by atoms with van der Waals surface area (Å²) in [5, 5.41) is 7.55. The fraction of sp³-hybridized carbons (Fsp3) is 0.625. The van der Waals surface area contributed by atoms with Crippen LogP contribution in [-0.4, -0.2) is 59.2 Å². The number of piperidine rings is 1. The van der Waals surface area contributed by atoms with Crippen LogP contribution in [0.5, 0.6) is 0 Å². The first-order valence-corrected chi connectivity index (χ1v) is 11.7. The Kier molecular flexibility index (Phi) is 6.60. The Morgan fingerprint density at radius 2 is 1.71 bits per heavy atom. The van der Waals surface area contributed by atoms with Gasteiger partial charge in [0.1, 0.15) is 11.9 Å². The van der Waals surface area contributed by atoms with Crippen LogP contribution in [0.25, 0.3) is 0 Å². The normalized spacial score (nSPS) is 28.8. The van der Waals surface area contributed by atoms with Crippen molar-refractivity contribution < 1.29 is 9.59 Å². The van der Waals surface area contributed by atoms with Crippen LogP contribution in [0.15, 0.2) is 24.3 Å². The molecular formula is C24H35N5O2. The molecule has 5 N–H and O–H groups in total. The number of nitrogens with two attached hydrogens (primary N) is 2. The Morgan fingerprint density at radius 3 is 2.42 bits per heavy atom. The third-order valence-corrected chi connectivity index (χ3v) is 7.62. The molecule has 31 heavy (non-hydrogen) atoms. The zero-order valence-electron chi connectivity index (χ0n) is 18.3. The molecule has 1 aliphatic carbocycles. The largest absolute Gasteiger partial charge is 0.384 e. The van der Waals surface area contributed by atoms with Gasteiger partial charge in [0.05, 0.1) is 6.04 Å². The Hall–Kier alpha value is -2.41. The number of fused-ring (bicyclic) bond motifs is 1. The van der Waals surface area contributed by atoms with Crippen LogP contribution in [0.4, 0.5) is 0 Å². The number of carbonyl (C=O) groups is 2. The molecule has 2 heterocycles. The summed E-state index contributed by atoms with van der Waals surface area (Å²) in [5.74, 6) is 0.808. The van der Waals surface area contributed by atoms with E-state index < -0.39 is 6.04 Å². The highest BCUT2D eigenvalue weighted by Gasteiger charge is 2.46. The highest BCUT2D eigenvalue weighted by molar-refractivity contribution is 5.94. The van der Waals surface area contributed by atoms with Gasteiger partial charge in [-0.05, 0) is 56.0 Å². The topological polar surface area (TPSA) is 117 Å². The highest BCUT2D eigenvalue weighted by Crippen LogP contribution is 2.41. The molecule has 0 aromatic heterocycles. The molecule has 4 rings (SSSR count). The summed E-state index contributed by atoms with van der Waals surface area (Å²) in [6.07, 6.45) is 8.29. The van der Waals surface area contributed by atoms with Gasteiger partial charge >= 0.3 is 0 Å². The number of benzene rings is 1. The number of hydrogen-bond donors (Lipinski definition) is 3. The van der Waals surface area contributed by atoms with E-state index in [0.717, 1.165) is 44.3 Å². The number of nitrogen functional groups attached to an aromatic ring is 1. The molecule has 1 saturated carbocycles. The molecule has 2 aliphatic heterocycles. The Morgan fingerprint density at radius 1 is 0.968 bits per heavy atom. The van der Waals surface area contributed by atoms with Crippen LogP contribution in [0.1, 0.15) is 56.1 Å². The van der Waals surface area contributed by atoms with Crippen LogP contribution in [0.3, 0.4) is 0 Å². The van der Waals surface area contributed by atoms with Crippen molar-refractivity contribution in [3.63, 3.8) is 0 Å². The number of carbonyl (C=O) groups excluding carboxylic acids is 2. The molecule has 3 fully saturated rings. The number of amides is 2. The van der Waals surface area contributed by atoms with Gasteiger partial charge in [-0.15, -0.1) is 0 Å². The van der Waals surface area contributed by atoms with Gasteiger partial charge in [0.2, 0.25) is 11.8 Å². The number of nitrogens with zero attached hydrogens (tertiary/aromatic N) is 2. The van der Waals surface area contributed by atoms with E-state index in [1.54, 1.807) is 4.90 Å². The predicted molar refractivity (Wildman–Crippen MR) is 121 cm³/mol.